The molecule has 0 spiro atoms. The minimum absolute atomic E-state index is 0.352. The van der Waals surface area contributed by atoms with Gasteiger partial charge in [0.1, 0.15) is 17.2 Å². The van der Waals surface area contributed by atoms with Crippen LogP contribution in [0.1, 0.15) is 30.7 Å². The molecule has 1 atom stereocenters. The fraction of sp³-hybridized carbons (Fsp3) is 0.375. The summed E-state index contributed by atoms with van der Waals surface area (Å²) >= 11 is 6.24. The lowest BCUT2D eigenvalue weighted by atomic mass is 9.92. The molecule has 21 heavy (non-hydrogen) atoms. The van der Waals surface area contributed by atoms with Gasteiger partial charge in [-0.25, -0.2) is 9.97 Å². The molecule has 3 rings (SSSR count). The van der Waals surface area contributed by atoms with Gasteiger partial charge in [0, 0.05) is 13.1 Å². The van der Waals surface area contributed by atoms with Gasteiger partial charge in [-0.15, -0.1) is 0 Å². The fourth-order valence-electron chi connectivity index (χ4n) is 2.96. The van der Waals surface area contributed by atoms with E-state index in [0.717, 1.165) is 31.7 Å². The van der Waals surface area contributed by atoms with E-state index in [1.807, 2.05) is 0 Å². The molecule has 0 bridgehead atoms. The number of nitrogen functional groups attached to an aromatic ring is 1. The van der Waals surface area contributed by atoms with Gasteiger partial charge < -0.3 is 10.6 Å². The number of hydrogen-bond donors (Lipinski definition) is 1. The topological polar surface area (TPSA) is 55.0 Å². The molecule has 1 unspecified atom stereocenters. The van der Waals surface area contributed by atoms with Crippen molar-refractivity contribution in [3.05, 3.63) is 47.2 Å². The van der Waals surface area contributed by atoms with Gasteiger partial charge >= 0.3 is 0 Å². The summed E-state index contributed by atoms with van der Waals surface area (Å²) in [5.74, 6) is 1.72. The zero-order valence-corrected chi connectivity index (χ0v) is 12.6. The average molecular weight is 303 g/mol. The summed E-state index contributed by atoms with van der Waals surface area (Å²) in [5, 5.41) is 0.468. The van der Waals surface area contributed by atoms with E-state index in [0.29, 0.717) is 16.8 Å². The van der Waals surface area contributed by atoms with Gasteiger partial charge in [-0.1, -0.05) is 41.9 Å². The Morgan fingerprint density at radius 1 is 1.10 bits per heavy atom. The van der Waals surface area contributed by atoms with Crippen molar-refractivity contribution in [2.45, 2.75) is 25.2 Å². The molecule has 5 heteroatoms. The third-order valence-electron chi connectivity index (χ3n) is 4.10. The van der Waals surface area contributed by atoms with E-state index in [2.05, 4.69) is 45.2 Å². The lowest BCUT2D eigenvalue weighted by Crippen LogP contribution is -2.25. The average Bonchev–Trinajstić information content (AvgIpc) is 2.77. The molecule has 2 aromatic rings. The summed E-state index contributed by atoms with van der Waals surface area (Å²) in [6, 6.07) is 10.7. The first-order valence-electron chi connectivity index (χ1n) is 7.31. The molecule has 0 amide bonds. The minimum atomic E-state index is 0.352. The molecular formula is C16H19ClN4. The molecule has 1 aliphatic rings. The third-order valence-corrected chi connectivity index (χ3v) is 4.46. The maximum absolute atomic E-state index is 6.24. The summed E-state index contributed by atoms with van der Waals surface area (Å²) < 4.78 is 0. The van der Waals surface area contributed by atoms with Crippen LogP contribution in [0, 0.1) is 0 Å². The Bertz CT molecular complexity index is 602. The van der Waals surface area contributed by atoms with Gasteiger partial charge in [-0.2, -0.15) is 0 Å². The molecule has 0 saturated carbocycles. The number of anilines is 2. The number of hydrogen-bond acceptors (Lipinski definition) is 4. The Hall–Kier alpha value is -1.81. The largest absolute Gasteiger partial charge is 0.382 e. The third kappa shape index (κ3) is 3.10. The van der Waals surface area contributed by atoms with E-state index in [1.165, 1.54) is 18.3 Å². The standard InChI is InChI=1S/C16H19ClN4/c17-14-15(18)19-11-20-16(14)21-9-4-7-13(8-10-21)12-5-2-1-3-6-12/h1-3,5-6,11,13H,4,7-10H2,(H2,18,19,20). The number of halogens is 1. The minimum Gasteiger partial charge on any atom is -0.382 e. The van der Waals surface area contributed by atoms with Gasteiger partial charge in [0.25, 0.3) is 0 Å². The first kappa shape index (κ1) is 14.1. The normalized spacial score (nSPS) is 19.3. The zero-order valence-electron chi connectivity index (χ0n) is 11.9. The van der Waals surface area contributed by atoms with Gasteiger partial charge in [0.15, 0.2) is 5.82 Å². The van der Waals surface area contributed by atoms with Crippen LogP contribution in [0.15, 0.2) is 36.7 Å². The van der Waals surface area contributed by atoms with E-state index in [4.69, 9.17) is 17.3 Å². The first-order chi connectivity index (χ1) is 10.3. The summed E-state index contributed by atoms with van der Waals surface area (Å²) in [6.07, 6.45) is 4.90. The monoisotopic (exact) mass is 302 g/mol. The molecule has 4 nitrogen and oxygen atoms in total. The first-order valence-corrected chi connectivity index (χ1v) is 7.69. The number of nitrogens with two attached hydrogens (primary N) is 1. The van der Waals surface area contributed by atoms with Crippen LogP contribution in [0.25, 0.3) is 0 Å². The van der Waals surface area contributed by atoms with Crippen LogP contribution in [-0.2, 0) is 0 Å². The summed E-state index contributed by atoms with van der Waals surface area (Å²) in [6.45, 7) is 1.90. The summed E-state index contributed by atoms with van der Waals surface area (Å²) in [5.41, 5.74) is 7.20. The molecular weight excluding hydrogens is 284 g/mol. The van der Waals surface area contributed by atoms with Crippen molar-refractivity contribution in [2.24, 2.45) is 0 Å². The number of nitrogens with zero attached hydrogens (tertiary/aromatic N) is 3. The maximum Gasteiger partial charge on any atom is 0.153 e. The fourth-order valence-corrected chi connectivity index (χ4v) is 3.18. The van der Waals surface area contributed by atoms with Crippen LogP contribution in [0.3, 0.4) is 0 Å². The van der Waals surface area contributed by atoms with Crippen LogP contribution in [0.4, 0.5) is 11.6 Å². The van der Waals surface area contributed by atoms with Crippen molar-refractivity contribution in [3.63, 3.8) is 0 Å². The van der Waals surface area contributed by atoms with Crippen molar-refractivity contribution in [1.82, 2.24) is 9.97 Å². The lowest BCUT2D eigenvalue weighted by Gasteiger charge is -2.22. The molecule has 0 radical (unpaired) electrons. The SMILES string of the molecule is Nc1ncnc(N2CCCC(c3ccccc3)CC2)c1Cl. The Morgan fingerprint density at radius 2 is 1.90 bits per heavy atom. The quantitative estimate of drug-likeness (QED) is 0.922. The second-order valence-electron chi connectivity index (χ2n) is 5.42. The van der Waals surface area contributed by atoms with Gasteiger partial charge in [0.2, 0.25) is 0 Å². The van der Waals surface area contributed by atoms with Crippen molar-refractivity contribution in [3.8, 4) is 0 Å². The van der Waals surface area contributed by atoms with Crippen molar-refractivity contribution < 1.29 is 0 Å². The number of aromatic nitrogens is 2. The Morgan fingerprint density at radius 3 is 2.71 bits per heavy atom. The Labute approximate surface area is 130 Å². The van der Waals surface area contributed by atoms with E-state index >= 15 is 0 Å². The highest BCUT2D eigenvalue weighted by atomic mass is 35.5. The van der Waals surface area contributed by atoms with Crippen molar-refractivity contribution >= 4 is 23.2 Å². The Balaban J connectivity index is 1.75. The van der Waals surface area contributed by atoms with Crippen molar-refractivity contribution in [2.75, 3.05) is 23.7 Å². The molecule has 1 aromatic heterocycles. The number of benzene rings is 1. The molecule has 110 valence electrons. The molecule has 1 aliphatic heterocycles. The van der Waals surface area contributed by atoms with E-state index < -0.39 is 0 Å². The van der Waals surface area contributed by atoms with Crippen molar-refractivity contribution in [1.29, 1.82) is 0 Å². The van der Waals surface area contributed by atoms with Crippen LogP contribution < -0.4 is 10.6 Å². The molecule has 1 aromatic carbocycles. The second-order valence-corrected chi connectivity index (χ2v) is 5.80. The molecule has 2 N–H and O–H groups in total. The van der Waals surface area contributed by atoms with E-state index in [1.54, 1.807) is 0 Å². The maximum atomic E-state index is 6.24. The van der Waals surface area contributed by atoms with Crippen LogP contribution >= 0.6 is 11.6 Å². The van der Waals surface area contributed by atoms with E-state index in [9.17, 15) is 0 Å². The lowest BCUT2D eigenvalue weighted by molar-refractivity contribution is 0.612. The molecule has 0 aliphatic carbocycles. The zero-order chi connectivity index (χ0) is 14.7. The number of rotatable bonds is 2. The van der Waals surface area contributed by atoms with Gasteiger partial charge in [-0.3, -0.25) is 0 Å². The predicted octanol–water partition coefficient (Wildman–Crippen LogP) is 3.49. The Kier molecular flexibility index (Phi) is 4.25. The molecule has 1 saturated heterocycles. The molecule has 2 heterocycles. The summed E-state index contributed by atoms with van der Waals surface area (Å²) in [4.78, 5) is 10.5. The second kappa shape index (κ2) is 6.31. The highest BCUT2D eigenvalue weighted by molar-refractivity contribution is 6.35. The van der Waals surface area contributed by atoms with Gasteiger partial charge in [-0.05, 0) is 30.7 Å². The van der Waals surface area contributed by atoms with Crippen LogP contribution in [0.2, 0.25) is 5.02 Å². The van der Waals surface area contributed by atoms with E-state index in [-0.39, 0.29) is 0 Å². The highest BCUT2D eigenvalue weighted by Crippen LogP contribution is 2.32. The van der Waals surface area contributed by atoms with Gasteiger partial charge in [0.05, 0.1) is 0 Å². The molecule has 1 fully saturated rings. The summed E-state index contributed by atoms with van der Waals surface area (Å²) in [7, 11) is 0. The van der Waals surface area contributed by atoms with Crippen LogP contribution in [-0.4, -0.2) is 23.1 Å². The van der Waals surface area contributed by atoms with Crippen LogP contribution in [0.5, 0.6) is 0 Å². The smallest absolute Gasteiger partial charge is 0.153 e. The highest BCUT2D eigenvalue weighted by Gasteiger charge is 2.21. The predicted molar refractivity (Wildman–Crippen MR) is 86.7 cm³/mol.